The number of piperidine rings is 1. The number of rotatable bonds is 7. The highest BCUT2D eigenvalue weighted by Gasteiger charge is 2.26. The number of carbonyl (C=O) groups is 1. The molecule has 2 aromatic rings. The van der Waals surface area contributed by atoms with E-state index < -0.39 is 0 Å². The predicted octanol–water partition coefficient (Wildman–Crippen LogP) is 5.03. The molecule has 2 heterocycles. The molecule has 0 unspecified atom stereocenters. The van der Waals surface area contributed by atoms with Gasteiger partial charge >= 0.3 is 0 Å². The average molecular weight is 455 g/mol. The van der Waals surface area contributed by atoms with Crippen LogP contribution in [0, 0.1) is 5.92 Å². The van der Waals surface area contributed by atoms with Crippen LogP contribution in [0.15, 0.2) is 42.6 Å². The molecule has 0 atom stereocenters. The van der Waals surface area contributed by atoms with Crippen molar-refractivity contribution in [3.05, 3.63) is 58.7 Å². The molecule has 32 heavy (non-hydrogen) atoms. The Kier molecular flexibility index (Phi) is 8.04. The fraction of sp³-hybridized carbons (Fsp3) is 0.538. The quantitative estimate of drug-likeness (QED) is 0.637. The molecule has 0 radical (unpaired) electrons. The van der Waals surface area contributed by atoms with Gasteiger partial charge in [0.1, 0.15) is 5.82 Å². The summed E-state index contributed by atoms with van der Waals surface area (Å²) in [6.45, 7) is 3.24. The fourth-order valence-electron chi connectivity index (χ4n) is 5.06. The molecule has 1 aliphatic carbocycles. The van der Waals surface area contributed by atoms with E-state index in [2.05, 4.69) is 51.4 Å². The highest BCUT2D eigenvalue weighted by molar-refractivity contribution is 6.30. The molecule has 2 fully saturated rings. The van der Waals surface area contributed by atoms with Gasteiger partial charge < -0.3 is 10.2 Å². The second-order valence-corrected chi connectivity index (χ2v) is 9.73. The van der Waals surface area contributed by atoms with Crippen molar-refractivity contribution in [3.8, 4) is 0 Å². The van der Waals surface area contributed by atoms with E-state index in [0.717, 1.165) is 38.3 Å². The Hall–Kier alpha value is -2.11. The van der Waals surface area contributed by atoms with E-state index in [4.69, 9.17) is 11.6 Å². The van der Waals surface area contributed by atoms with Gasteiger partial charge in [0.2, 0.25) is 5.91 Å². The molecule has 0 bridgehead atoms. The molecular weight excluding hydrogens is 420 g/mol. The zero-order valence-corrected chi connectivity index (χ0v) is 19.9. The first-order valence-corrected chi connectivity index (χ1v) is 12.4. The largest absolute Gasteiger partial charge is 0.357 e. The molecule has 2 aliphatic rings. The second kappa shape index (κ2) is 11.2. The van der Waals surface area contributed by atoms with Crippen LogP contribution in [-0.2, 0) is 17.9 Å². The Morgan fingerprint density at radius 2 is 1.78 bits per heavy atom. The lowest BCUT2D eigenvalue weighted by Crippen LogP contribution is -2.40. The number of nitrogens with one attached hydrogen (secondary N) is 1. The Labute approximate surface area is 197 Å². The minimum Gasteiger partial charge on any atom is -0.357 e. The summed E-state index contributed by atoms with van der Waals surface area (Å²) in [6, 6.07) is 13.0. The van der Waals surface area contributed by atoms with Gasteiger partial charge in [-0.05, 0) is 56.0 Å². The zero-order valence-electron chi connectivity index (χ0n) is 19.1. The van der Waals surface area contributed by atoms with E-state index in [-0.39, 0.29) is 11.8 Å². The molecule has 4 rings (SSSR count). The number of amides is 1. The van der Waals surface area contributed by atoms with Crippen molar-refractivity contribution in [2.24, 2.45) is 5.92 Å². The molecule has 1 aliphatic heterocycles. The molecular formula is C26H35ClN4O. The van der Waals surface area contributed by atoms with Crippen molar-refractivity contribution in [3.63, 3.8) is 0 Å². The molecule has 5 nitrogen and oxygen atoms in total. The Morgan fingerprint density at radius 1 is 1.06 bits per heavy atom. The van der Waals surface area contributed by atoms with Gasteiger partial charge in [0.15, 0.2) is 0 Å². The van der Waals surface area contributed by atoms with E-state index in [1.54, 1.807) is 6.20 Å². The second-order valence-electron chi connectivity index (χ2n) is 9.29. The number of hydrogen-bond donors (Lipinski definition) is 1. The third kappa shape index (κ3) is 6.02. The van der Waals surface area contributed by atoms with E-state index >= 15 is 0 Å². The normalized spacial score (nSPS) is 18.2. The number of pyridine rings is 1. The van der Waals surface area contributed by atoms with Gasteiger partial charge in [0, 0.05) is 44.3 Å². The molecule has 1 aromatic heterocycles. The lowest BCUT2D eigenvalue weighted by Gasteiger charge is -2.32. The van der Waals surface area contributed by atoms with Crippen LogP contribution in [0.3, 0.4) is 0 Å². The third-order valence-electron chi connectivity index (χ3n) is 7.09. The maximum absolute atomic E-state index is 12.9. The minimum absolute atomic E-state index is 0.0654. The Bertz CT molecular complexity index is 874. The van der Waals surface area contributed by atoms with Gasteiger partial charge in [0.05, 0.1) is 5.02 Å². The maximum atomic E-state index is 12.9. The number of aromatic nitrogens is 1. The smallest absolute Gasteiger partial charge is 0.223 e. The van der Waals surface area contributed by atoms with Crippen LogP contribution in [0.25, 0.3) is 0 Å². The Balaban J connectivity index is 1.27. The van der Waals surface area contributed by atoms with E-state index in [1.165, 1.54) is 43.2 Å². The SMILES string of the molecule is CN(Cc1ccccc1CNC(=O)C1CCN(c2ccc(Cl)cn2)CC1)C1CCCCC1. The summed E-state index contributed by atoms with van der Waals surface area (Å²) in [6.07, 6.45) is 10.1. The summed E-state index contributed by atoms with van der Waals surface area (Å²) in [5.41, 5.74) is 2.55. The molecule has 0 spiro atoms. The van der Waals surface area contributed by atoms with Gasteiger partial charge in [-0.3, -0.25) is 9.69 Å². The van der Waals surface area contributed by atoms with Crippen LogP contribution in [0.5, 0.6) is 0 Å². The zero-order chi connectivity index (χ0) is 22.3. The molecule has 6 heteroatoms. The van der Waals surface area contributed by atoms with Crippen LogP contribution in [-0.4, -0.2) is 42.0 Å². The van der Waals surface area contributed by atoms with Gasteiger partial charge in [-0.1, -0.05) is 55.1 Å². The summed E-state index contributed by atoms with van der Waals surface area (Å²) in [5.74, 6) is 1.17. The standard InChI is InChI=1S/C26H35ClN4O/c1-30(24-9-3-2-4-10-24)19-22-8-6-5-7-21(22)17-29-26(32)20-13-15-31(16-14-20)25-12-11-23(27)18-28-25/h5-8,11-12,18,20,24H,2-4,9-10,13-17,19H2,1H3,(H,29,32). The summed E-state index contributed by atoms with van der Waals surface area (Å²) >= 11 is 5.94. The van der Waals surface area contributed by atoms with Crippen LogP contribution < -0.4 is 10.2 Å². The lowest BCUT2D eigenvalue weighted by molar-refractivity contribution is -0.125. The van der Waals surface area contributed by atoms with Crippen molar-refractivity contribution in [1.29, 1.82) is 0 Å². The van der Waals surface area contributed by atoms with Crippen molar-refractivity contribution >= 4 is 23.3 Å². The highest BCUT2D eigenvalue weighted by Crippen LogP contribution is 2.25. The lowest BCUT2D eigenvalue weighted by atomic mass is 9.94. The van der Waals surface area contributed by atoms with E-state index in [0.29, 0.717) is 17.6 Å². The van der Waals surface area contributed by atoms with E-state index in [1.807, 2.05) is 12.1 Å². The van der Waals surface area contributed by atoms with E-state index in [9.17, 15) is 4.79 Å². The first-order valence-electron chi connectivity index (χ1n) is 12.0. The Morgan fingerprint density at radius 3 is 2.47 bits per heavy atom. The summed E-state index contributed by atoms with van der Waals surface area (Å²) in [5, 5.41) is 3.86. The average Bonchev–Trinajstić information content (AvgIpc) is 2.84. The number of benzene rings is 1. The molecule has 1 saturated carbocycles. The van der Waals surface area contributed by atoms with Gasteiger partial charge in [-0.15, -0.1) is 0 Å². The molecule has 1 saturated heterocycles. The topological polar surface area (TPSA) is 48.5 Å². The highest BCUT2D eigenvalue weighted by atomic mass is 35.5. The first kappa shape index (κ1) is 23.1. The molecule has 1 amide bonds. The van der Waals surface area contributed by atoms with Gasteiger partial charge in [0.25, 0.3) is 0 Å². The monoisotopic (exact) mass is 454 g/mol. The molecule has 1 N–H and O–H groups in total. The van der Waals surface area contributed by atoms with Crippen molar-refractivity contribution in [2.75, 3.05) is 25.0 Å². The van der Waals surface area contributed by atoms with Crippen molar-refractivity contribution in [1.82, 2.24) is 15.2 Å². The fourth-order valence-corrected chi connectivity index (χ4v) is 5.17. The van der Waals surface area contributed by atoms with Crippen molar-refractivity contribution in [2.45, 2.75) is 64.1 Å². The summed E-state index contributed by atoms with van der Waals surface area (Å²) < 4.78 is 0. The summed E-state index contributed by atoms with van der Waals surface area (Å²) in [7, 11) is 2.24. The molecule has 172 valence electrons. The van der Waals surface area contributed by atoms with Crippen LogP contribution in [0.2, 0.25) is 5.02 Å². The first-order chi connectivity index (χ1) is 15.6. The maximum Gasteiger partial charge on any atom is 0.223 e. The summed E-state index contributed by atoms with van der Waals surface area (Å²) in [4.78, 5) is 22.0. The van der Waals surface area contributed by atoms with Crippen LogP contribution in [0.1, 0.15) is 56.1 Å². The number of hydrogen-bond acceptors (Lipinski definition) is 4. The van der Waals surface area contributed by atoms with Crippen LogP contribution >= 0.6 is 11.6 Å². The van der Waals surface area contributed by atoms with Gasteiger partial charge in [-0.25, -0.2) is 4.98 Å². The number of halogens is 1. The molecule has 1 aromatic carbocycles. The third-order valence-corrected chi connectivity index (χ3v) is 7.31. The van der Waals surface area contributed by atoms with Crippen molar-refractivity contribution < 1.29 is 4.79 Å². The van der Waals surface area contributed by atoms with Crippen LogP contribution in [0.4, 0.5) is 5.82 Å². The predicted molar refractivity (Wildman–Crippen MR) is 131 cm³/mol. The number of anilines is 1. The number of carbonyl (C=O) groups excluding carboxylic acids is 1. The number of nitrogens with zero attached hydrogens (tertiary/aromatic N) is 3. The minimum atomic E-state index is 0.0654. The van der Waals surface area contributed by atoms with Gasteiger partial charge in [-0.2, -0.15) is 0 Å².